The van der Waals surface area contributed by atoms with Gasteiger partial charge in [-0.25, -0.2) is 4.79 Å². The maximum absolute atomic E-state index is 10.4. The number of hydrogen-bond donors (Lipinski definition) is 3. The number of carbonyl (C=O) groups excluding carboxylic acids is 1. The molecule has 0 saturated carbocycles. The van der Waals surface area contributed by atoms with Crippen molar-refractivity contribution in [3.8, 4) is 0 Å². The van der Waals surface area contributed by atoms with Gasteiger partial charge in [0, 0.05) is 6.54 Å². The summed E-state index contributed by atoms with van der Waals surface area (Å²) in [5, 5.41) is 10.4. The fraction of sp³-hybridized carbons (Fsp3) is 0.600. The highest BCUT2D eigenvalue weighted by molar-refractivity contribution is 5.75. The van der Waals surface area contributed by atoms with Gasteiger partial charge < -0.3 is 20.9 Å². The van der Waals surface area contributed by atoms with E-state index in [-0.39, 0.29) is 6.54 Å². The Morgan fingerprint density at radius 2 is 2.27 bits per heavy atom. The van der Waals surface area contributed by atoms with Crippen LogP contribution in [-0.4, -0.2) is 36.9 Å². The monoisotopic (exact) mass is 162 g/mol. The molecule has 0 aromatic heterocycles. The minimum absolute atomic E-state index is 0.137. The lowest BCUT2D eigenvalue weighted by molar-refractivity contribution is -0.138. The quantitative estimate of drug-likeness (QED) is 0.481. The van der Waals surface area contributed by atoms with E-state index in [9.17, 15) is 9.59 Å². The van der Waals surface area contributed by atoms with E-state index in [0.717, 1.165) is 0 Å². The van der Waals surface area contributed by atoms with Crippen LogP contribution in [0.4, 0.5) is 4.79 Å². The average molecular weight is 162 g/mol. The zero-order chi connectivity index (χ0) is 8.85. The largest absolute Gasteiger partial charge is 0.480 e. The fourth-order valence-corrected chi connectivity index (χ4v) is 0.353. The molecule has 0 spiro atoms. The van der Waals surface area contributed by atoms with Crippen LogP contribution in [0.25, 0.3) is 0 Å². The summed E-state index contributed by atoms with van der Waals surface area (Å²) < 4.78 is 4.18. The zero-order valence-electron chi connectivity index (χ0n) is 6.03. The minimum Gasteiger partial charge on any atom is -0.480 e. The second-order valence-corrected chi connectivity index (χ2v) is 1.82. The second kappa shape index (κ2) is 4.51. The molecule has 1 amide bonds. The number of alkyl carbamates (subject to hydrolysis) is 1. The summed E-state index contributed by atoms with van der Waals surface area (Å²) in [6.45, 7) is -0.137. The highest BCUT2D eigenvalue weighted by Gasteiger charge is 2.11. The van der Waals surface area contributed by atoms with Crippen molar-refractivity contribution in [1.29, 1.82) is 0 Å². The smallest absolute Gasteiger partial charge is 0.406 e. The first-order chi connectivity index (χ1) is 5.07. The predicted octanol–water partition coefficient (Wildman–Crippen LogP) is -1.25. The molecular weight excluding hydrogens is 152 g/mol. The summed E-state index contributed by atoms with van der Waals surface area (Å²) in [4.78, 5) is 20.4. The van der Waals surface area contributed by atoms with E-state index in [0.29, 0.717) is 0 Å². The molecule has 0 rings (SSSR count). The molecule has 11 heavy (non-hydrogen) atoms. The van der Waals surface area contributed by atoms with E-state index in [4.69, 9.17) is 10.8 Å². The summed E-state index contributed by atoms with van der Waals surface area (Å²) in [5.41, 5.74) is 5.05. The Bertz CT molecular complexity index is 159. The molecule has 0 aliphatic carbocycles. The molecular formula is C5H10N2O4. The van der Waals surface area contributed by atoms with Crippen molar-refractivity contribution in [2.45, 2.75) is 6.04 Å². The molecule has 0 saturated heterocycles. The van der Waals surface area contributed by atoms with E-state index in [1.165, 1.54) is 7.11 Å². The molecule has 0 aromatic carbocycles. The van der Waals surface area contributed by atoms with E-state index in [2.05, 4.69) is 10.1 Å². The zero-order valence-corrected chi connectivity index (χ0v) is 6.03. The number of carbonyl (C=O) groups is 2. The number of carboxylic acids is 1. The van der Waals surface area contributed by atoms with Crippen molar-refractivity contribution < 1.29 is 19.4 Å². The van der Waals surface area contributed by atoms with Gasteiger partial charge in [0.15, 0.2) is 0 Å². The van der Waals surface area contributed by atoms with Crippen LogP contribution in [0.2, 0.25) is 0 Å². The number of aliphatic carboxylic acids is 1. The number of hydrogen-bond acceptors (Lipinski definition) is 4. The Hall–Kier alpha value is -1.30. The van der Waals surface area contributed by atoms with Crippen LogP contribution >= 0.6 is 0 Å². The molecule has 0 heterocycles. The molecule has 6 heteroatoms. The molecule has 0 fully saturated rings. The number of carboxylic acid groups (broad SMARTS) is 1. The van der Waals surface area contributed by atoms with Crippen molar-refractivity contribution in [1.82, 2.24) is 5.32 Å². The molecule has 1 unspecified atom stereocenters. The summed E-state index contributed by atoms with van der Waals surface area (Å²) in [5.74, 6) is -1.17. The van der Waals surface area contributed by atoms with Gasteiger partial charge in [0.05, 0.1) is 7.11 Å². The summed E-state index contributed by atoms with van der Waals surface area (Å²) in [6, 6.07) is -1.09. The normalized spacial score (nSPS) is 11.8. The van der Waals surface area contributed by atoms with Gasteiger partial charge in [0.1, 0.15) is 6.04 Å². The van der Waals surface area contributed by atoms with Crippen LogP contribution in [0.3, 0.4) is 0 Å². The molecule has 0 aliphatic heterocycles. The highest BCUT2D eigenvalue weighted by Crippen LogP contribution is 1.76. The number of amides is 1. The first kappa shape index (κ1) is 9.70. The molecule has 0 aromatic rings. The van der Waals surface area contributed by atoms with Crippen molar-refractivity contribution >= 4 is 12.1 Å². The van der Waals surface area contributed by atoms with Crippen LogP contribution in [0, 0.1) is 0 Å². The summed E-state index contributed by atoms with van der Waals surface area (Å²) in [6.07, 6.45) is -0.693. The van der Waals surface area contributed by atoms with Gasteiger partial charge in [0.25, 0.3) is 0 Å². The maximum atomic E-state index is 10.4. The molecule has 6 nitrogen and oxygen atoms in total. The Morgan fingerprint density at radius 1 is 1.73 bits per heavy atom. The van der Waals surface area contributed by atoms with E-state index < -0.39 is 18.1 Å². The fourth-order valence-electron chi connectivity index (χ4n) is 0.353. The van der Waals surface area contributed by atoms with Gasteiger partial charge in [-0.15, -0.1) is 0 Å². The Balaban J connectivity index is 3.54. The SMILES string of the molecule is COC(=O)NCC(N)C(=O)O. The lowest BCUT2D eigenvalue weighted by Gasteiger charge is -2.06. The molecule has 0 aliphatic rings. The van der Waals surface area contributed by atoms with Gasteiger partial charge in [-0.05, 0) is 0 Å². The standard InChI is InChI=1S/C5H10N2O4/c1-11-5(10)7-2-3(6)4(8)9/h3H,2,6H2,1H3,(H,7,10)(H,8,9). The van der Waals surface area contributed by atoms with Crippen molar-refractivity contribution in [3.63, 3.8) is 0 Å². The third-order valence-corrected chi connectivity index (χ3v) is 0.969. The van der Waals surface area contributed by atoms with Crippen molar-refractivity contribution in [2.75, 3.05) is 13.7 Å². The summed E-state index contributed by atoms with van der Waals surface area (Å²) in [7, 11) is 1.18. The molecule has 0 bridgehead atoms. The lowest BCUT2D eigenvalue weighted by Crippen LogP contribution is -2.42. The number of nitrogens with two attached hydrogens (primary N) is 1. The number of nitrogens with one attached hydrogen (secondary N) is 1. The first-order valence-electron chi connectivity index (χ1n) is 2.88. The highest BCUT2D eigenvalue weighted by atomic mass is 16.5. The number of rotatable bonds is 3. The van der Waals surface area contributed by atoms with Crippen molar-refractivity contribution in [3.05, 3.63) is 0 Å². The maximum Gasteiger partial charge on any atom is 0.406 e. The first-order valence-corrected chi connectivity index (χ1v) is 2.88. The van der Waals surface area contributed by atoms with Gasteiger partial charge >= 0.3 is 12.1 Å². The lowest BCUT2D eigenvalue weighted by atomic mass is 10.3. The third kappa shape index (κ3) is 4.15. The Labute approximate surface area is 63.3 Å². The number of ether oxygens (including phenoxy) is 1. The Morgan fingerprint density at radius 3 is 2.64 bits per heavy atom. The van der Waals surface area contributed by atoms with Gasteiger partial charge in [-0.3, -0.25) is 4.79 Å². The minimum atomic E-state index is -1.17. The van der Waals surface area contributed by atoms with Crippen LogP contribution in [-0.2, 0) is 9.53 Å². The average Bonchev–Trinajstić information content (AvgIpc) is 1.99. The number of methoxy groups -OCH3 is 1. The Kier molecular flexibility index (Phi) is 3.97. The van der Waals surface area contributed by atoms with Crippen LogP contribution in [0.1, 0.15) is 0 Å². The second-order valence-electron chi connectivity index (χ2n) is 1.82. The third-order valence-electron chi connectivity index (χ3n) is 0.969. The van der Waals surface area contributed by atoms with E-state index >= 15 is 0 Å². The van der Waals surface area contributed by atoms with Gasteiger partial charge in [-0.1, -0.05) is 0 Å². The van der Waals surface area contributed by atoms with Gasteiger partial charge in [0.2, 0.25) is 0 Å². The van der Waals surface area contributed by atoms with E-state index in [1.807, 2.05) is 0 Å². The van der Waals surface area contributed by atoms with Crippen LogP contribution in [0.5, 0.6) is 0 Å². The predicted molar refractivity (Wildman–Crippen MR) is 36.0 cm³/mol. The van der Waals surface area contributed by atoms with Crippen LogP contribution in [0.15, 0.2) is 0 Å². The molecule has 4 N–H and O–H groups in total. The molecule has 0 radical (unpaired) electrons. The van der Waals surface area contributed by atoms with Gasteiger partial charge in [-0.2, -0.15) is 0 Å². The van der Waals surface area contributed by atoms with E-state index in [1.54, 1.807) is 0 Å². The molecule has 64 valence electrons. The summed E-state index contributed by atoms with van der Waals surface area (Å²) >= 11 is 0. The topological polar surface area (TPSA) is 102 Å². The van der Waals surface area contributed by atoms with Crippen molar-refractivity contribution in [2.24, 2.45) is 5.73 Å². The molecule has 1 atom stereocenters. The van der Waals surface area contributed by atoms with Crippen LogP contribution < -0.4 is 11.1 Å².